The number of pyridine rings is 1. The van der Waals surface area contributed by atoms with E-state index >= 15 is 0 Å². The summed E-state index contributed by atoms with van der Waals surface area (Å²) in [5, 5.41) is 0.325. The average molecular weight is 538 g/mol. The zero-order valence-corrected chi connectivity index (χ0v) is 17.1. The second-order valence-electron chi connectivity index (χ2n) is 6.20. The Morgan fingerprint density at radius 3 is 2.52 bits per heavy atom. The van der Waals surface area contributed by atoms with Crippen LogP contribution in [0.15, 0.2) is 60.6 Å². The Balaban J connectivity index is 0.00000320. The number of nitrogens with zero attached hydrogens (tertiary/aromatic N) is 2. The van der Waals surface area contributed by atoms with Crippen LogP contribution in [0.2, 0.25) is 0 Å². The van der Waals surface area contributed by atoms with Gasteiger partial charge in [0.15, 0.2) is 0 Å². The average Bonchev–Trinajstić information content (AvgIpc) is 3.18. The van der Waals surface area contributed by atoms with Crippen LogP contribution in [0.5, 0.6) is 0 Å². The number of imidazole rings is 1. The molecule has 2 heterocycles. The molecule has 0 aliphatic carbocycles. The first-order valence-electron chi connectivity index (χ1n) is 13.1. The Kier molecular flexibility index (Phi) is 2.35. The standard InChI is InChI=1S/C24H19N2.Ir/c1-15-11-12-21-20(13-15)18-9-4-5-10-19(18)24-25-14-22(26(21)24)23-16(2)7-6-8-17(23)3;/h4-9,11-14H,1-3H3;/q-1;/i4D,5D,6D,7D,8D,9D,11D,12D,13D,14D;. The molecule has 0 atom stereocenters. The van der Waals surface area contributed by atoms with E-state index < -0.39 is 6.04 Å². The topological polar surface area (TPSA) is 17.3 Å². The fraction of sp³-hybridized carbons (Fsp3) is 0.125. The second-order valence-corrected chi connectivity index (χ2v) is 6.20. The van der Waals surface area contributed by atoms with Gasteiger partial charge < -0.3 is 4.40 Å². The van der Waals surface area contributed by atoms with Gasteiger partial charge in [-0.2, -0.15) is 0 Å². The first kappa shape index (κ1) is 9.63. The summed E-state index contributed by atoms with van der Waals surface area (Å²) in [6.45, 7) is 4.73. The number of aromatic nitrogens is 2. The predicted molar refractivity (Wildman–Crippen MR) is 109 cm³/mol. The van der Waals surface area contributed by atoms with E-state index in [1.54, 1.807) is 13.8 Å². The molecular formula is C24H19IrN2-. The van der Waals surface area contributed by atoms with Gasteiger partial charge in [-0.05, 0) is 44.7 Å². The smallest absolute Gasteiger partial charge is 0.0853 e. The van der Waals surface area contributed by atoms with Crippen molar-refractivity contribution in [2.45, 2.75) is 20.8 Å². The van der Waals surface area contributed by atoms with Gasteiger partial charge in [0.1, 0.15) is 0 Å². The summed E-state index contributed by atoms with van der Waals surface area (Å²) >= 11 is 0. The molecule has 0 amide bonds. The van der Waals surface area contributed by atoms with E-state index in [0.717, 1.165) is 0 Å². The maximum atomic E-state index is 8.80. The summed E-state index contributed by atoms with van der Waals surface area (Å²) in [6.07, 6.45) is -0.272. The molecule has 2 aromatic heterocycles. The molecule has 2 nitrogen and oxygen atoms in total. The molecule has 5 rings (SSSR count). The molecule has 1 radical (unpaired) electrons. The minimum atomic E-state index is -0.403. The van der Waals surface area contributed by atoms with Crippen LogP contribution in [0.3, 0.4) is 0 Å². The maximum Gasteiger partial charge on any atom is 0.0853 e. The Hall–Kier alpha value is -2.48. The molecule has 0 saturated carbocycles. The van der Waals surface area contributed by atoms with Crippen molar-refractivity contribution in [3.05, 3.63) is 83.3 Å². The fourth-order valence-electron chi connectivity index (χ4n) is 3.35. The van der Waals surface area contributed by atoms with E-state index in [-0.39, 0.29) is 113 Å². The number of benzene rings is 3. The van der Waals surface area contributed by atoms with Gasteiger partial charge >= 0.3 is 0 Å². The zero-order valence-electron chi connectivity index (χ0n) is 24.7. The first-order valence-corrected chi connectivity index (χ1v) is 8.12. The molecule has 27 heavy (non-hydrogen) atoms. The molecule has 0 spiro atoms. The Morgan fingerprint density at radius 1 is 0.963 bits per heavy atom. The number of rotatable bonds is 1. The quantitative estimate of drug-likeness (QED) is 0.189. The normalized spacial score (nSPS) is 16.4. The zero-order chi connectivity index (χ0) is 26.5. The van der Waals surface area contributed by atoms with E-state index in [1.165, 1.54) is 11.3 Å². The van der Waals surface area contributed by atoms with Crippen LogP contribution in [-0.2, 0) is 20.1 Å². The fourth-order valence-corrected chi connectivity index (χ4v) is 3.35. The van der Waals surface area contributed by atoms with Crippen LogP contribution >= 0.6 is 0 Å². The van der Waals surface area contributed by atoms with Crippen LogP contribution in [0.25, 0.3) is 38.6 Å². The Morgan fingerprint density at radius 2 is 1.74 bits per heavy atom. The molecule has 0 unspecified atom stereocenters. The minimum Gasteiger partial charge on any atom is -0.333 e. The van der Waals surface area contributed by atoms with Gasteiger partial charge in [-0.3, -0.25) is 4.98 Å². The van der Waals surface area contributed by atoms with E-state index in [4.69, 9.17) is 13.7 Å². The molecule has 0 fully saturated rings. The van der Waals surface area contributed by atoms with Gasteiger partial charge in [-0.15, -0.1) is 29.6 Å². The Bertz CT molecular complexity index is 1800. The molecule has 0 aliphatic heterocycles. The first-order chi connectivity index (χ1) is 16.8. The van der Waals surface area contributed by atoms with E-state index in [2.05, 4.69) is 11.1 Å². The van der Waals surface area contributed by atoms with Crippen LogP contribution in [0, 0.1) is 26.8 Å². The van der Waals surface area contributed by atoms with Crippen LogP contribution in [0.1, 0.15) is 30.4 Å². The van der Waals surface area contributed by atoms with Gasteiger partial charge in [0, 0.05) is 40.1 Å². The van der Waals surface area contributed by atoms with E-state index in [9.17, 15) is 0 Å². The van der Waals surface area contributed by atoms with Gasteiger partial charge in [-0.25, -0.2) is 0 Å². The summed E-state index contributed by atoms with van der Waals surface area (Å²) in [5.74, 6) is 0. The van der Waals surface area contributed by atoms with E-state index in [1.807, 2.05) is 0 Å². The third kappa shape index (κ3) is 2.62. The summed E-state index contributed by atoms with van der Waals surface area (Å²) in [7, 11) is 0. The van der Waals surface area contributed by atoms with Crippen LogP contribution < -0.4 is 0 Å². The maximum absolute atomic E-state index is 8.80. The van der Waals surface area contributed by atoms with Gasteiger partial charge in [0.05, 0.1) is 20.9 Å². The predicted octanol–water partition coefficient (Wildman–Crippen LogP) is 6.03. The van der Waals surface area contributed by atoms with Crippen molar-refractivity contribution in [3.63, 3.8) is 0 Å². The number of hydrogen-bond donors (Lipinski definition) is 0. The van der Waals surface area contributed by atoms with Crippen molar-refractivity contribution in [2.24, 2.45) is 0 Å². The molecule has 5 aromatic rings. The summed E-state index contributed by atoms with van der Waals surface area (Å²) in [5.41, 5.74) is 1.39. The molecule has 0 aliphatic rings. The second kappa shape index (κ2) is 6.60. The van der Waals surface area contributed by atoms with Crippen molar-refractivity contribution in [1.82, 2.24) is 9.38 Å². The molecule has 3 aromatic carbocycles. The van der Waals surface area contributed by atoms with Crippen molar-refractivity contribution < 1.29 is 33.8 Å². The van der Waals surface area contributed by atoms with Crippen LogP contribution in [-0.4, -0.2) is 9.38 Å². The minimum absolute atomic E-state index is 0. The monoisotopic (exact) mass is 538 g/mol. The van der Waals surface area contributed by atoms with Crippen molar-refractivity contribution in [3.8, 4) is 11.3 Å². The third-order valence-corrected chi connectivity index (χ3v) is 4.49. The largest absolute Gasteiger partial charge is 0.333 e. The van der Waals surface area contributed by atoms with Gasteiger partial charge in [0.25, 0.3) is 0 Å². The number of hydrogen-bond acceptors (Lipinski definition) is 1. The molecule has 135 valence electrons. The third-order valence-electron chi connectivity index (χ3n) is 4.49. The van der Waals surface area contributed by atoms with Crippen LogP contribution in [0.4, 0.5) is 0 Å². The molecular weight excluding hydrogens is 508 g/mol. The van der Waals surface area contributed by atoms with E-state index in [0.29, 0.717) is 16.7 Å². The van der Waals surface area contributed by atoms with Crippen molar-refractivity contribution in [1.29, 1.82) is 0 Å². The summed E-state index contributed by atoms with van der Waals surface area (Å²) in [6, 6.07) is 0.441. The molecule has 3 heteroatoms. The van der Waals surface area contributed by atoms with Gasteiger partial charge in [-0.1, -0.05) is 41.2 Å². The summed E-state index contributed by atoms with van der Waals surface area (Å²) in [4.78, 5) is 4.36. The molecule has 0 N–H and O–H groups in total. The van der Waals surface area contributed by atoms with Gasteiger partial charge in [0.2, 0.25) is 0 Å². The van der Waals surface area contributed by atoms with Crippen molar-refractivity contribution >= 4 is 27.3 Å². The Labute approximate surface area is 186 Å². The number of fused-ring (bicyclic) bond motifs is 6. The molecule has 0 saturated heterocycles. The summed E-state index contributed by atoms with van der Waals surface area (Å²) < 4.78 is 85.9. The SMILES string of the molecule is [2H]c1[c-]c2c(c([2H])c1[2H])c1c([2H])c(C)c([2H])c([2H])c1n1c(-c3c(C)c([2H])c([2H])c([2H])c3C)c([2H])nc21.[Ir]. The van der Waals surface area contributed by atoms with Crippen molar-refractivity contribution in [2.75, 3.05) is 0 Å². The molecule has 0 bridgehead atoms.